The van der Waals surface area contributed by atoms with Crippen LogP contribution in [-0.2, 0) is 0 Å². The van der Waals surface area contributed by atoms with Gasteiger partial charge in [0.05, 0.1) is 12.5 Å². The third kappa shape index (κ3) is 4.22. The third-order valence-electron chi connectivity index (χ3n) is 6.09. The average molecular weight is 440 g/mol. The Labute approximate surface area is 192 Å². The Bertz CT molecular complexity index is 1310. The van der Waals surface area contributed by atoms with Crippen LogP contribution < -0.4 is 10.5 Å². The summed E-state index contributed by atoms with van der Waals surface area (Å²) in [6.45, 7) is 1.34. The molecule has 5 rings (SSSR count). The van der Waals surface area contributed by atoms with Gasteiger partial charge < -0.3 is 15.4 Å². The molecule has 1 aliphatic heterocycles. The van der Waals surface area contributed by atoms with Crippen molar-refractivity contribution in [1.82, 2.24) is 19.9 Å². The van der Waals surface area contributed by atoms with E-state index in [1.807, 2.05) is 65.6 Å². The number of rotatable bonds is 4. The van der Waals surface area contributed by atoms with Crippen LogP contribution >= 0.6 is 0 Å². The second kappa shape index (κ2) is 8.86. The minimum Gasteiger partial charge on any atom is -0.497 e. The zero-order chi connectivity index (χ0) is 22.8. The summed E-state index contributed by atoms with van der Waals surface area (Å²) in [6.07, 6.45) is 1.88. The van der Waals surface area contributed by atoms with Crippen LogP contribution in [0.5, 0.6) is 5.75 Å². The molecule has 0 saturated carbocycles. The average Bonchev–Trinajstić information content (AvgIpc) is 2.88. The lowest BCUT2D eigenvalue weighted by Crippen LogP contribution is -2.39. The zero-order valence-electron chi connectivity index (χ0n) is 18.4. The fourth-order valence-electron chi connectivity index (χ4n) is 4.33. The molecule has 0 bridgehead atoms. The number of nitrogens with zero attached hydrogens (tertiary/aromatic N) is 4. The van der Waals surface area contributed by atoms with Crippen LogP contribution in [0.4, 0.5) is 5.82 Å². The number of methoxy groups -OCH3 is 1. The van der Waals surface area contributed by atoms with Gasteiger partial charge in [-0.15, -0.1) is 0 Å². The summed E-state index contributed by atoms with van der Waals surface area (Å²) in [5, 5.41) is 0.735. The van der Waals surface area contributed by atoms with Crippen LogP contribution in [-0.4, -0.2) is 46.0 Å². The van der Waals surface area contributed by atoms with Gasteiger partial charge >= 0.3 is 0 Å². The summed E-state index contributed by atoms with van der Waals surface area (Å²) in [6, 6.07) is 20.9. The number of fused-ring (bicyclic) bond motifs is 1. The van der Waals surface area contributed by atoms with E-state index in [2.05, 4.69) is 9.97 Å². The van der Waals surface area contributed by atoms with Gasteiger partial charge in [0.2, 0.25) is 0 Å². The molecule has 1 saturated heterocycles. The van der Waals surface area contributed by atoms with Gasteiger partial charge in [0.1, 0.15) is 11.6 Å². The molecule has 7 heteroatoms. The Kier molecular flexibility index (Phi) is 5.60. The lowest BCUT2D eigenvalue weighted by Gasteiger charge is -2.32. The van der Waals surface area contributed by atoms with Crippen molar-refractivity contribution in [3.63, 3.8) is 0 Å². The lowest BCUT2D eigenvalue weighted by atomic mass is 9.93. The number of anilines is 1. The first-order chi connectivity index (χ1) is 16.1. The number of nitrogens with two attached hydrogens (primary N) is 1. The zero-order valence-corrected chi connectivity index (χ0v) is 18.4. The molecule has 0 aliphatic carbocycles. The molecule has 0 spiro atoms. The number of carbonyl (C=O) groups is 1. The van der Waals surface area contributed by atoms with Crippen LogP contribution in [0.3, 0.4) is 0 Å². The van der Waals surface area contributed by atoms with Crippen LogP contribution in [0.25, 0.3) is 22.4 Å². The molecule has 1 unspecified atom stereocenters. The van der Waals surface area contributed by atoms with Crippen LogP contribution in [0.2, 0.25) is 0 Å². The fourth-order valence-corrected chi connectivity index (χ4v) is 4.33. The van der Waals surface area contributed by atoms with E-state index < -0.39 is 0 Å². The molecule has 1 atom stereocenters. The summed E-state index contributed by atoms with van der Waals surface area (Å²) in [7, 11) is 1.60. The Hall–Kier alpha value is -4.00. The van der Waals surface area contributed by atoms with Crippen molar-refractivity contribution in [2.24, 2.45) is 0 Å². The minimum atomic E-state index is 0.0114. The van der Waals surface area contributed by atoms with Gasteiger partial charge in [-0.1, -0.05) is 36.4 Å². The largest absolute Gasteiger partial charge is 0.497 e. The number of hydrogen-bond donors (Lipinski definition) is 1. The molecule has 7 nitrogen and oxygen atoms in total. The summed E-state index contributed by atoms with van der Waals surface area (Å²) >= 11 is 0. The van der Waals surface area contributed by atoms with Crippen molar-refractivity contribution in [2.75, 3.05) is 25.9 Å². The van der Waals surface area contributed by atoms with E-state index in [0.29, 0.717) is 35.1 Å². The monoisotopic (exact) mass is 439 g/mol. The van der Waals surface area contributed by atoms with Crippen molar-refractivity contribution >= 4 is 22.8 Å². The number of aromatic nitrogens is 3. The number of carbonyl (C=O) groups excluding carboxylic acids is 1. The Morgan fingerprint density at radius 2 is 1.88 bits per heavy atom. The quantitative estimate of drug-likeness (QED) is 0.509. The third-order valence-corrected chi connectivity index (χ3v) is 6.09. The predicted molar refractivity (Wildman–Crippen MR) is 128 cm³/mol. The van der Waals surface area contributed by atoms with Crippen molar-refractivity contribution in [1.29, 1.82) is 0 Å². The maximum atomic E-state index is 13.1. The number of benzene rings is 2. The van der Waals surface area contributed by atoms with E-state index in [0.717, 1.165) is 36.0 Å². The van der Waals surface area contributed by atoms with E-state index in [1.54, 1.807) is 13.2 Å². The van der Waals surface area contributed by atoms with Gasteiger partial charge in [0.25, 0.3) is 5.91 Å². The molecule has 1 amide bonds. The molecule has 2 N–H and O–H groups in total. The van der Waals surface area contributed by atoms with Crippen molar-refractivity contribution < 1.29 is 9.53 Å². The van der Waals surface area contributed by atoms with Gasteiger partial charge in [0, 0.05) is 35.8 Å². The number of ether oxygens (including phenoxy) is 1. The fraction of sp³-hybridized carbons (Fsp3) is 0.231. The highest BCUT2D eigenvalue weighted by Gasteiger charge is 2.27. The molecule has 2 aromatic heterocycles. The lowest BCUT2D eigenvalue weighted by molar-refractivity contribution is 0.0705. The molecule has 0 radical (unpaired) electrons. The van der Waals surface area contributed by atoms with Gasteiger partial charge in [0.15, 0.2) is 11.5 Å². The first-order valence-corrected chi connectivity index (χ1v) is 11.1. The number of amides is 1. The summed E-state index contributed by atoms with van der Waals surface area (Å²) in [5.41, 5.74) is 9.24. The van der Waals surface area contributed by atoms with Crippen molar-refractivity contribution in [2.45, 2.75) is 18.8 Å². The molecule has 33 heavy (non-hydrogen) atoms. The van der Waals surface area contributed by atoms with E-state index in [1.165, 1.54) is 0 Å². The molecule has 1 aliphatic rings. The number of likely N-dealkylation sites (tertiary alicyclic amines) is 1. The first-order valence-electron chi connectivity index (χ1n) is 11.1. The first kappa shape index (κ1) is 20.9. The Morgan fingerprint density at radius 3 is 2.70 bits per heavy atom. The van der Waals surface area contributed by atoms with Crippen LogP contribution in [0.1, 0.15) is 34.8 Å². The molecule has 2 aromatic carbocycles. The number of hydrogen-bond acceptors (Lipinski definition) is 6. The standard InChI is InChI=1S/C26H25N5O2/c1-33-20-11-5-9-18(15-20)26(32)31-14-6-10-19(16-31)22-13-12-21-23(27)29-24(30-25(21)28-22)17-7-3-2-4-8-17/h2-5,7-9,11-13,15,19H,6,10,14,16H2,1H3,(H2,27,28,29,30). The SMILES string of the molecule is COc1cccc(C(=O)N2CCCC(c3ccc4c(N)nc(-c5ccccc5)nc4n3)C2)c1. The molecule has 166 valence electrons. The Morgan fingerprint density at radius 1 is 1.03 bits per heavy atom. The molecular weight excluding hydrogens is 414 g/mol. The molecule has 3 heterocycles. The van der Waals surface area contributed by atoms with Crippen molar-refractivity contribution in [3.05, 3.63) is 78.0 Å². The number of nitrogen functional groups attached to an aromatic ring is 1. The molecular formula is C26H25N5O2. The topological polar surface area (TPSA) is 94.2 Å². The highest BCUT2D eigenvalue weighted by Crippen LogP contribution is 2.30. The van der Waals surface area contributed by atoms with E-state index in [-0.39, 0.29) is 11.8 Å². The summed E-state index contributed by atoms with van der Waals surface area (Å²) < 4.78 is 5.27. The second-order valence-corrected chi connectivity index (χ2v) is 8.23. The van der Waals surface area contributed by atoms with Gasteiger partial charge in [-0.3, -0.25) is 4.79 Å². The van der Waals surface area contributed by atoms with Gasteiger partial charge in [-0.05, 0) is 43.2 Å². The van der Waals surface area contributed by atoms with Crippen molar-refractivity contribution in [3.8, 4) is 17.1 Å². The van der Waals surface area contributed by atoms with Crippen LogP contribution in [0.15, 0.2) is 66.7 Å². The molecule has 4 aromatic rings. The number of piperidine rings is 1. The highest BCUT2D eigenvalue weighted by molar-refractivity contribution is 5.94. The van der Waals surface area contributed by atoms with E-state index >= 15 is 0 Å². The number of pyridine rings is 1. The maximum Gasteiger partial charge on any atom is 0.254 e. The van der Waals surface area contributed by atoms with Crippen LogP contribution in [0, 0.1) is 0 Å². The summed E-state index contributed by atoms with van der Waals surface area (Å²) in [5.74, 6) is 1.79. The van der Waals surface area contributed by atoms with Gasteiger partial charge in [-0.2, -0.15) is 0 Å². The Balaban J connectivity index is 1.42. The highest BCUT2D eigenvalue weighted by atomic mass is 16.5. The predicted octanol–water partition coefficient (Wildman–Crippen LogP) is 4.30. The van der Waals surface area contributed by atoms with Gasteiger partial charge in [-0.25, -0.2) is 15.0 Å². The molecule has 1 fully saturated rings. The normalized spacial score (nSPS) is 16.0. The summed E-state index contributed by atoms with van der Waals surface area (Å²) in [4.78, 5) is 29.0. The van der Waals surface area contributed by atoms with E-state index in [9.17, 15) is 4.79 Å². The smallest absolute Gasteiger partial charge is 0.254 e. The maximum absolute atomic E-state index is 13.1. The van der Waals surface area contributed by atoms with E-state index in [4.69, 9.17) is 15.5 Å². The minimum absolute atomic E-state index is 0.0114. The second-order valence-electron chi connectivity index (χ2n) is 8.23.